The Morgan fingerprint density at radius 1 is 1.14 bits per heavy atom. The van der Waals surface area contributed by atoms with Crippen LogP contribution in [0.4, 0.5) is 5.69 Å². The van der Waals surface area contributed by atoms with E-state index in [0.717, 1.165) is 17.0 Å². The minimum Gasteiger partial charge on any atom is -0.774 e. The van der Waals surface area contributed by atoms with Gasteiger partial charge in [0.05, 0.1) is 13.2 Å². The Balaban J connectivity index is 0.00000400. The van der Waals surface area contributed by atoms with E-state index in [2.05, 4.69) is 6.92 Å². The SMILES string of the molecule is CCCCSC([S-])c1ccc(N(CCO)CCO)cc1.[Au+]. The fraction of sp³-hybridized carbons (Fsp3) is 0.600. The molecule has 21 heavy (non-hydrogen) atoms. The number of aliphatic hydroxyl groups excluding tert-OH is 2. The third-order valence-corrected chi connectivity index (χ3v) is 4.82. The first kappa shape index (κ1) is 21.4. The molecule has 0 saturated heterocycles. The second-order valence-electron chi connectivity index (χ2n) is 4.58. The molecule has 1 aromatic rings. The molecule has 0 spiro atoms. The molecule has 1 rings (SSSR count). The molecule has 0 fully saturated rings. The maximum atomic E-state index is 9.04. The number of hydrogen-bond donors (Lipinski definition) is 2. The average Bonchev–Trinajstić information content (AvgIpc) is 2.47. The fourth-order valence-corrected chi connectivity index (χ4v) is 3.35. The molecule has 0 saturated carbocycles. The molecule has 0 aromatic heterocycles. The van der Waals surface area contributed by atoms with E-state index in [4.69, 9.17) is 22.8 Å². The molecule has 1 unspecified atom stereocenters. The van der Waals surface area contributed by atoms with Crippen LogP contribution in [0.2, 0.25) is 0 Å². The summed E-state index contributed by atoms with van der Waals surface area (Å²) in [7, 11) is 0. The first-order chi connectivity index (χ1) is 9.72. The summed E-state index contributed by atoms with van der Waals surface area (Å²) >= 11 is 7.31. The summed E-state index contributed by atoms with van der Waals surface area (Å²) in [5, 5.41) is 18.1. The van der Waals surface area contributed by atoms with Crippen LogP contribution >= 0.6 is 11.8 Å². The van der Waals surface area contributed by atoms with Crippen LogP contribution in [0.15, 0.2) is 24.3 Å². The molecule has 1 atom stereocenters. The number of nitrogens with zero attached hydrogens (tertiary/aromatic N) is 1. The van der Waals surface area contributed by atoms with Gasteiger partial charge in [0.25, 0.3) is 0 Å². The van der Waals surface area contributed by atoms with Crippen LogP contribution in [0.1, 0.15) is 29.9 Å². The monoisotopic (exact) mass is 511 g/mol. The molecular formula is C15H24AuNO2S2. The second-order valence-corrected chi connectivity index (χ2v) is 6.56. The Hall–Kier alpha value is 0.380. The number of unbranched alkanes of at least 4 members (excludes halogenated alkanes) is 1. The number of benzene rings is 1. The van der Waals surface area contributed by atoms with E-state index in [0.29, 0.717) is 13.1 Å². The van der Waals surface area contributed by atoms with E-state index in [1.165, 1.54) is 12.8 Å². The van der Waals surface area contributed by atoms with Crippen molar-refractivity contribution in [1.82, 2.24) is 0 Å². The molecule has 0 aliphatic carbocycles. The molecule has 0 amide bonds. The van der Waals surface area contributed by atoms with Crippen molar-refractivity contribution in [2.75, 3.05) is 37.0 Å². The minimum absolute atomic E-state index is 0. The van der Waals surface area contributed by atoms with Gasteiger partial charge in [-0.25, -0.2) is 0 Å². The fourth-order valence-electron chi connectivity index (χ4n) is 1.88. The zero-order valence-corrected chi connectivity index (χ0v) is 16.1. The minimum atomic E-state index is 0. The number of thioether (sulfide) groups is 1. The van der Waals surface area contributed by atoms with Gasteiger partial charge in [0.15, 0.2) is 0 Å². The van der Waals surface area contributed by atoms with Gasteiger partial charge in [0, 0.05) is 18.8 Å². The van der Waals surface area contributed by atoms with Crippen molar-refractivity contribution in [3.05, 3.63) is 29.8 Å². The Morgan fingerprint density at radius 2 is 1.71 bits per heavy atom. The average molecular weight is 511 g/mol. The van der Waals surface area contributed by atoms with E-state index < -0.39 is 0 Å². The van der Waals surface area contributed by atoms with E-state index in [-0.39, 0.29) is 40.2 Å². The van der Waals surface area contributed by atoms with Crippen molar-refractivity contribution in [2.45, 2.75) is 24.3 Å². The van der Waals surface area contributed by atoms with E-state index in [1.54, 1.807) is 0 Å². The second kappa shape index (κ2) is 12.9. The third-order valence-electron chi connectivity index (χ3n) is 3.04. The van der Waals surface area contributed by atoms with Crippen LogP contribution in [0.3, 0.4) is 0 Å². The van der Waals surface area contributed by atoms with Crippen molar-refractivity contribution in [3.8, 4) is 0 Å². The molecule has 2 N–H and O–H groups in total. The van der Waals surface area contributed by atoms with Crippen molar-refractivity contribution < 1.29 is 32.6 Å². The number of rotatable bonds is 10. The van der Waals surface area contributed by atoms with Crippen LogP contribution in [0, 0.1) is 0 Å². The van der Waals surface area contributed by atoms with Crippen LogP contribution < -0.4 is 4.90 Å². The van der Waals surface area contributed by atoms with Crippen molar-refractivity contribution in [2.24, 2.45) is 0 Å². The van der Waals surface area contributed by atoms with Crippen LogP contribution in [0.25, 0.3) is 0 Å². The van der Waals surface area contributed by atoms with Crippen LogP contribution in [0.5, 0.6) is 0 Å². The Labute approximate surface area is 153 Å². The standard InChI is InChI=1S/C15H25NO2S2.Au/c1-2-3-12-20-15(19)13-4-6-14(7-5-13)16(8-10-17)9-11-18;/h4-7,15,17-19H,2-3,8-12H2,1H3;/q;+1/p-1. The zero-order chi connectivity index (χ0) is 14.8. The van der Waals surface area contributed by atoms with Crippen LogP contribution in [-0.2, 0) is 35.0 Å². The summed E-state index contributed by atoms with van der Waals surface area (Å²) in [5.41, 5.74) is 2.16. The summed E-state index contributed by atoms with van der Waals surface area (Å²) in [6.07, 6.45) is 2.40. The van der Waals surface area contributed by atoms with E-state index in [1.807, 2.05) is 40.9 Å². The van der Waals surface area contributed by atoms with Crippen molar-refractivity contribution in [1.29, 1.82) is 0 Å². The first-order valence-electron chi connectivity index (χ1n) is 7.07. The largest absolute Gasteiger partial charge is 1.00 e. The molecule has 0 aliphatic heterocycles. The van der Waals surface area contributed by atoms with Gasteiger partial charge in [-0.2, -0.15) is 11.8 Å². The summed E-state index contributed by atoms with van der Waals surface area (Å²) < 4.78 is 0.0970. The first-order valence-corrected chi connectivity index (χ1v) is 8.59. The Kier molecular flexibility index (Phi) is 13.1. The molecular weight excluding hydrogens is 487 g/mol. The summed E-state index contributed by atoms with van der Waals surface area (Å²) in [4.78, 5) is 1.96. The normalized spacial score (nSPS) is 11.8. The van der Waals surface area contributed by atoms with Crippen LogP contribution in [-0.4, -0.2) is 42.3 Å². The maximum Gasteiger partial charge on any atom is 1.00 e. The Morgan fingerprint density at radius 3 is 2.19 bits per heavy atom. The van der Waals surface area contributed by atoms with Crippen molar-refractivity contribution >= 4 is 30.1 Å². The van der Waals surface area contributed by atoms with E-state index in [9.17, 15) is 0 Å². The van der Waals surface area contributed by atoms with Gasteiger partial charge in [-0.05, 0) is 24.3 Å². The number of anilines is 1. The van der Waals surface area contributed by atoms with Gasteiger partial charge in [0.1, 0.15) is 0 Å². The smallest absolute Gasteiger partial charge is 0.774 e. The molecule has 3 nitrogen and oxygen atoms in total. The molecule has 1 aromatic carbocycles. The Bertz CT molecular complexity index is 359. The molecule has 124 valence electrons. The molecule has 0 bridgehead atoms. The topological polar surface area (TPSA) is 43.7 Å². The summed E-state index contributed by atoms with van der Waals surface area (Å²) in [6.45, 7) is 3.41. The quantitative estimate of drug-likeness (QED) is 0.287. The predicted molar refractivity (Wildman–Crippen MR) is 90.3 cm³/mol. The number of hydrogen-bond acceptors (Lipinski definition) is 5. The van der Waals surface area contributed by atoms with Gasteiger partial charge in [-0.3, -0.25) is 0 Å². The van der Waals surface area contributed by atoms with Gasteiger partial charge >= 0.3 is 22.4 Å². The summed E-state index contributed by atoms with van der Waals surface area (Å²) in [6, 6.07) is 8.13. The molecule has 0 aliphatic rings. The number of aliphatic hydroxyl groups is 2. The van der Waals surface area contributed by atoms with Gasteiger partial charge in [0.2, 0.25) is 0 Å². The van der Waals surface area contributed by atoms with E-state index >= 15 is 0 Å². The van der Waals surface area contributed by atoms with Gasteiger partial charge < -0.3 is 27.7 Å². The van der Waals surface area contributed by atoms with Gasteiger partial charge in [-0.1, -0.05) is 35.6 Å². The van der Waals surface area contributed by atoms with Crippen molar-refractivity contribution in [3.63, 3.8) is 0 Å². The van der Waals surface area contributed by atoms with Gasteiger partial charge in [-0.15, -0.1) is 0 Å². The summed E-state index contributed by atoms with van der Waals surface area (Å²) in [5.74, 6) is 1.10. The molecule has 0 radical (unpaired) electrons. The molecule has 0 heterocycles. The molecule has 6 heteroatoms. The zero-order valence-electron chi connectivity index (χ0n) is 12.3. The third kappa shape index (κ3) is 7.98. The maximum absolute atomic E-state index is 9.04. The predicted octanol–water partition coefficient (Wildman–Crippen LogP) is 2.55.